The van der Waals surface area contributed by atoms with Crippen LogP contribution in [0.4, 0.5) is 0 Å². The zero-order valence-electron chi connectivity index (χ0n) is 16.0. The third-order valence-electron chi connectivity index (χ3n) is 4.73. The molecule has 3 aromatic rings. The van der Waals surface area contributed by atoms with Gasteiger partial charge in [0.05, 0.1) is 16.6 Å². The van der Waals surface area contributed by atoms with Gasteiger partial charge in [-0.15, -0.1) is 0 Å². The second-order valence-electron chi connectivity index (χ2n) is 6.81. The van der Waals surface area contributed by atoms with E-state index in [1.54, 1.807) is 43.8 Å². The lowest BCUT2D eigenvalue weighted by Crippen LogP contribution is -2.34. The predicted octanol–water partition coefficient (Wildman–Crippen LogP) is 2.76. The van der Waals surface area contributed by atoms with Crippen molar-refractivity contribution < 1.29 is 14.7 Å². The number of aromatic nitrogens is 3. The molecule has 0 fully saturated rings. The van der Waals surface area contributed by atoms with Crippen LogP contribution in [-0.2, 0) is 11.8 Å². The Labute approximate surface area is 157 Å². The molecule has 0 aliphatic rings. The summed E-state index contributed by atoms with van der Waals surface area (Å²) in [5.74, 6) is -1.58. The molecular formula is C20H22N4O3. The minimum Gasteiger partial charge on any atom is -0.479 e. The number of benzene rings is 1. The van der Waals surface area contributed by atoms with E-state index in [0.717, 1.165) is 11.1 Å². The van der Waals surface area contributed by atoms with E-state index >= 15 is 0 Å². The molecular weight excluding hydrogens is 344 g/mol. The SMILES string of the molecule is Cc1cc(C(=O)NC(C(=O)O)c2ccc(C)c(C)c2)c2c(C)nn(C)c2n1. The van der Waals surface area contributed by atoms with Crippen molar-refractivity contribution in [2.24, 2.45) is 7.05 Å². The maximum absolute atomic E-state index is 13.0. The summed E-state index contributed by atoms with van der Waals surface area (Å²) in [7, 11) is 1.76. The van der Waals surface area contributed by atoms with E-state index in [9.17, 15) is 14.7 Å². The van der Waals surface area contributed by atoms with Crippen LogP contribution in [0.15, 0.2) is 24.3 Å². The van der Waals surface area contributed by atoms with E-state index in [1.807, 2.05) is 19.9 Å². The Hall–Kier alpha value is -3.22. The van der Waals surface area contributed by atoms with Crippen LogP contribution in [0, 0.1) is 27.7 Å². The number of fused-ring (bicyclic) bond motifs is 1. The Bertz CT molecular complexity index is 1070. The van der Waals surface area contributed by atoms with Gasteiger partial charge < -0.3 is 10.4 Å². The van der Waals surface area contributed by atoms with Crippen molar-refractivity contribution in [1.29, 1.82) is 0 Å². The summed E-state index contributed by atoms with van der Waals surface area (Å²) in [6.45, 7) is 7.45. The number of hydrogen-bond acceptors (Lipinski definition) is 4. The molecule has 27 heavy (non-hydrogen) atoms. The van der Waals surface area contributed by atoms with Crippen LogP contribution < -0.4 is 5.32 Å². The van der Waals surface area contributed by atoms with Gasteiger partial charge in [-0.2, -0.15) is 5.10 Å². The number of carboxylic acids is 1. The average Bonchev–Trinajstić information content (AvgIpc) is 2.88. The number of rotatable bonds is 4. The van der Waals surface area contributed by atoms with E-state index in [4.69, 9.17) is 0 Å². The number of pyridine rings is 1. The third-order valence-corrected chi connectivity index (χ3v) is 4.73. The molecule has 1 unspecified atom stereocenters. The summed E-state index contributed by atoms with van der Waals surface area (Å²) in [6.07, 6.45) is 0. The number of amides is 1. The molecule has 2 N–H and O–H groups in total. The summed E-state index contributed by atoms with van der Waals surface area (Å²) in [4.78, 5) is 29.2. The third kappa shape index (κ3) is 3.40. The second-order valence-corrected chi connectivity index (χ2v) is 6.81. The molecule has 7 nitrogen and oxygen atoms in total. The van der Waals surface area contributed by atoms with E-state index in [-0.39, 0.29) is 0 Å². The molecule has 1 aromatic carbocycles. The summed E-state index contributed by atoms with van der Waals surface area (Å²) < 4.78 is 1.62. The smallest absolute Gasteiger partial charge is 0.330 e. The van der Waals surface area contributed by atoms with Gasteiger partial charge in [0.1, 0.15) is 0 Å². The van der Waals surface area contributed by atoms with Crippen molar-refractivity contribution in [3.63, 3.8) is 0 Å². The standard InChI is InChI=1S/C20H22N4O3/c1-10-6-7-14(8-11(10)2)17(20(26)27)22-19(25)15-9-12(3)21-18-16(15)13(4)23-24(18)5/h6-9,17H,1-5H3,(H,22,25)(H,26,27). The van der Waals surface area contributed by atoms with Crippen molar-refractivity contribution >= 4 is 22.9 Å². The molecule has 3 rings (SSSR count). The minimum atomic E-state index is -1.14. The quantitative estimate of drug-likeness (QED) is 0.740. The number of nitrogens with zero attached hydrogens (tertiary/aromatic N) is 3. The van der Waals surface area contributed by atoms with Crippen LogP contribution >= 0.6 is 0 Å². The van der Waals surface area contributed by atoms with Crippen molar-refractivity contribution in [1.82, 2.24) is 20.1 Å². The minimum absolute atomic E-state index is 0.373. The lowest BCUT2D eigenvalue weighted by Gasteiger charge is -2.17. The molecule has 0 saturated heterocycles. The van der Waals surface area contributed by atoms with Crippen molar-refractivity contribution in [2.75, 3.05) is 0 Å². The summed E-state index contributed by atoms with van der Waals surface area (Å²) in [5.41, 5.74) is 4.86. The molecule has 7 heteroatoms. The lowest BCUT2D eigenvalue weighted by molar-refractivity contribution is -0.139. The first-order chi connectivity index (χ1) is 12.7. The highest BCUT2D eigenvalue weighted by Gasteiger charge is 2.25. The van der Waals surface area contributed by atoms with Crippen molar-refractivity contribution in [3.8, 4) is 0 Å². The summed E-state index contributed by atoms with van der Waals surface area (Å²) in [6, 6.07) is 5.89. The molecule has 1 amide bonds. The van der Waals surface area contributed by atoms with Gasteiger partial charge >= 0.3 is 5.97 Å². The Kier molecular flexibility index (Phi) is 4.70. The predicted molar refractivity (Wildman–Crippen MR) is 102 cm³/mol. The van der Waals surface area contributed by atoms with Gasteiger partial charge in [0, 0.05) is 12.7 Å². The zero-order chi connectivity index (χ0) is 19.9. The van der Waals surface area contributed by atoms with Gasteiger partial charge in [0.25, 0.3) is 5.91 Å². The van der Waals surface area contributed by atoms with Crippen LogP contribution in [0.2, 0.25) is 0 Å². The first-order valence-electron chi connectivity index (χ1n) is 8.60. The molecule has 0 radical (unpaired) electrons. The zero-order valence-corrected chi connectivity index (χ0v) is 16.0. The number of carboxylic acid groups (broad SMARTS) is 1. The Balaban J connectivity index is 2.03. The van der Waals surface area contributed by atoms with Crippen molar-refractivity contribution in [3.05, 3.63) is 57.9 Å². The molecule has 2 aromatic heterocycles. The maximum Gasteiger partial charge on any atom is 0.330 e. The Morgan fingerprint density at radius 2 is 1.81 bits per heavy atom. The molecule has 0 spiro atoms. The molecule has 1 atom stereocenters. The number of carbonyl (C=O) groups excluding carboxylic acids is 1. The average molecular weight is 366 g/mol. The topological polar surface area (TPSA) is 97.1 Å². The molecule has 140 valence electrons. The molecule has 0 bridgehead atoms. The van der Waals surface area contributed by atoms with Crippen LogP contribution in [0.5, 0.6) is 0 Å². The summed E-state index contributed by atoms with van der Waals surface area (Å²) >= 11 is 0. The van der Waals surface area contributed by atoms with E-state index < -0.39 is 17.9 Å². The largest absolute Gasteiger partial charge is 0.479 e. The van der Waals surface area contributed by atoms with Crippen molar-refractivity contribution in [2.45, 2.75) is 33.7 Å². The molecule has 0 aliphatic carbocycles. The van der Waals surface area contributed by atoms with Crippen LogP contribution in [0.3, 0.4) is 0 Å². The highest BCUT2D eigenvalue weighted by Crippen LogP contribution is 2.23. The van der Waals surface area contributed by atoms with Gasteiger partial charge in [0.2, 0.25) is 0 Å². The molecule has 0 saturated carbocycles. The van der Waals surface area contributed by atoms with E-state index in [1.165, 1.54) is 0 Å². The fourth-order valence-electron chi connectivity index (χ4n) is 3.19. The Morgan fingerprint density at radius 1 is 1.11 bits per heavy atom. The number of hydrogen-bond donors (Lipinski definition) is 2. The van der Waals surface area contributed by atoms with Crippen LogP contribution in [0.1, 0.15) is 44.5 Å². The fourth-order valence-corrected chi connectivity index (χ4v) is 3.19. The number of nitrogens with one attached hydrogen (secondary N) is 1. The van der Waals surface area contributed by atoms with Gasteiger partial charge in [0.15, 0.2) is 11.7 Å². The fraction of sp³-hybridized carbons (Fsp3) is 0.300. The van der Waals surface area contributed by atoms with Gasteiger partial charge in [-0.25, -0.2) is 9.78 Å². The monoisotopic (exact) mass is 366 g/mol. The molecule has 0 aliphatic heterocycles. The second kappa shape index (κ2) is 6.83. The van der Waals surface area contributed by atoms with E-state index in [2.05, 4.69) is 15.4 Å². The molecule has 2 heterocycles. The normalized spacial score (nSPS) is 12.2. The first kappa shape index (κ1) is 18.6. The van der Waals surface area contributed by atoms with Gasteiger partial charge in [-0.05, 0) is 50.5 Å². The highest BCUT2D eigenvalue weighted by molar-refractivity contribution is 6.07. The first-order valence-corrected chi connectivity index (χ1v) is 8.60. The van der Waals surface area contributed by atoms with Crippen LogP contribution in [0.25, 0.3) is 11.0 Å². The van der Waals surface area contributed by atoms with Gasteiger partial charge in [-0.3, -0.25) is 9.48 Å². The Morgan fingerprint density at radius 3 is 2.44 bits per heavy atom. The maximum atomic E-state index is 13.0. The lowest BCUT2D eigenvalue weighted by atomic mass is 10.0. The number of aliphatic carboxylic acids is 1. The highest BCUT2D eigenvalue weighted by atomic mass is 16.4. The number of aryl methyl sites for hydroxylation is 5. The van der Waals surface area contributed by atoms with Crippen LogP contribution in [-0.4, -0.2) is 31.7 Å². The van der Waals surface area contributed by atoms with Gasteiger partial charge in [-0.1, -0.05) is 18.2 Å². The summed E-state index contributed by atoms with van der Waals surface area (Å²) in [5, 5.41) is 17.3. The van der Waals surface area contributed by atoms with E-state index in [0.29, 0.717) is 33.5 Å². The number of carbonyl (C=O) groups is 2.